The first-order valence-corrected chi connectivity index (χ1v) is 6.94. The van der Waals surface area contributed by atoms with Crippen molar-refractivity contribution >= 4 is 16.3 Å². The van der Waals surface area contributed by atoms with E-state index in [-0.39, 0.29) is 0 Å². The largest absolute Gasteiger partial charge is 0.497 e. The number of nitrogens with zero attached hydrogens (tertiary/aromatic N) is 2. The molecule has 0 aliphatic heterocycles. The normalized spacial score (nSPS) is 10.8. The lowest BCUT2D eigenvalue weighted by atomic mass is 10.1. The van der Waals surface area contributed by atoms with E-state index in [1.54, 1.807) is 18.4 Å². The molecule has 0 unspecified atom stereocenters. The molecule has 3 rings (SSSR count). The lowest BCUT2D eigenvalue weighted by Crippen LogP contribution is -1.96. The molecule has 3 aromatic rings. The zero-order chi connectivity index (χ0) is 13.2. The monoisotopic (exact) mass is 274 g/mol. The fourth-order valence-corrected chi connectivity index (χ4v) is 2.70. The van der Waals surface area contributed by atoms with Crippen molar-refractivity contribution in [1.82, 2.24) is 9.38 Å². The second kappa shape index (κ2) is 4.93. The number of fused-ring (bicyclic) bond motifs is 1. The fraction of sp³-hybridized carbons (Fsp3) is 0.214. The predicted molar refractivity (Wildman–Crippen MR) is 76.2 cm³/mol. The Morgan fingerprint density at radius 1 is 1.37 bits per heavy atom. The molecule has 0 saturated carbocycles. The fourth-order valence-electron chi connectivity index (χ4n) is 2.00. The smallest absolute Gasteiger partial charge is 0.227 e. The van der Waals surface area contributed by atoms with Crippen molar-refractivity contribution in [3.8, 4) is 22.9 Å². The SMILES string of the molecule is CCOc1c(-c2cccc(OC)c2)nc2sccn12. The summed E-state index contributed by atoms with van der Waals surface area (Å²) in [6.45, 7) is 2.59. The summed E-state index contributed by atoms with van der Waals surface area (Å²) in [5, 5.41) is 2.00. The van der Waals surface area contributed by atoms with Gasteiger partial charge in [0.05, 0.1) is 13.7 Å². The summed E-state index contributed by atoms with van der Waals surface area (Å²) in [6, 6.07) is 7.85. The molecule has 2 heterocycles. The first-order chi connectivity index (χ1) is 9.33. The summed E-state index contributed by atoms with van der Waals surface area (Å²) < 4.78 is 13.0. The van der Waals surface area contributed by atoms with E-state index >= 15 is 0 Å². The van der Waals surface area contributed by atoms with Crippen LogP contribution in [0.4, 0.5) is 0 Å². The first kappa shape index (κ1) is 12.0. The Labute approximate surface area is 115 Å². The maximum absolute atomic E-state index is 5.74. The molecule has 0 radical (unpaired) electrons. The van der Waals surface area contributed by atoms with Gasteiger partial charge in [0, 0.05) is 17.1 Å². The van der Waals surface area contributed by atoms with E-state index in [0.29, 0.717) is 6.61 Å². The van der Waals surface area contributed by atoms with Gasteiger partial charge in [0.25, 0.3) is 0 Å². The van der Waals surface area contributed by atoms with Crippen LogP contribution < -0.4 is 9.47 Å². The quantitative estimate of drug-likeness (QED) is 0.731. The van der Waals surface area contributed by atoms with Gasteiger partial charge in [-0.1, -0.05) is 12.1 Å². The van der Waals surface area contributed by atoms with Crippen LogP contribution in [0.1, 0.15) is 6.92 Å². The van der Waals surface area contributed by atoms with E-state index in [4.69, 9.17) is 9.47 Å². The average Bonchev–Trinajstić information content (AvgIpc) is 3.02. The van der Waals surface area contributed by atoms with E-state index in [9.17, 15) is 0 Å². The first-order valence-electron chi connectivity index (χ1n) is 6.06. The molecule has 1 aromatic carbocycles. The summed E-state index contributed by atoms with van der Waals surface area (Å²) in [5.74, 6) is 1.60. The van der Waals surface area contributed by atoms with Crippen LogP contribution in [0.3, 0.4) is 0 Å². The molecule has 0 bridgehead atoms. The van der Waals surface area contributed by atoms with Crippen LogP contribution in [0.2, 0.25) is 0 Å². The molecule has 0 atom stereocenters. The second-order valence-corrected chi connectivity index (χ2v) is 4.86. The Morgan fingerprint density at radius 3 is 3.05 bits per heavy atom. The maximum atomic E-state index is 5.74. The molecule has 2 aromatic heterocycles. The lowest BCUT2D eigenvalue weighted by Gasteiger charge is -2.06. The average molecular weight is 274 g/mol. The van der Waals surface area contributed by atoms with Crippen molar-refractivity contribution in [1.29, 1.82) is 0 Å². The molecular weight excluding hydrogens is 260 g/mol. The zero-order valence-corrected chi connectivity index (χ0v) is 11.6. The number of methoxy groups -OCH3 is 1. The highest BCUT2D eigenvalue weighted by Crippen LogP contribution is 2.33. The molecule has 0 saturated heterocycles. The van der Waals surface area contributed by atoms with Crippen molar-refractivity contribution in [3.63, 3.8) is 0 Å². The van der Waals surface area contributed by atoms with E-state index in [0.717, 1.165) is 27.8 Å². The van der Waals surface area contributed by atoms with Crippen LogP contribution in [0.25, 0.3) is 16.2 Å². The zero-order valence-electron chi connectivity index (χ0n) is 10.8. The number of rotatable bonds is 4. The molecule has 0 N–H and O–H groups in total. The van der Waals surface area contributed by atoms with Crippen molar-refractivity contribution in [2.75, 3.05) is 13.7 Å². The molecule has 5 heteroatoms. The van der Waals surface area contributed by atoms with Gasteiger partial charge in [-0.25, -0.2) is 4.98 Å². The standard InChI is InChI=1S/C14H14N2O2S/c1-3-18-13-12(15-14-16(13)7-8-19-14)10-5-4-6-11(9-10)17-2/h4-9H,3H2,1-2H3. The van der Waals surface area contributed by atoms with Crippen LogP contribution in [0.15, 0.2) is 35.8 Å². The van der Waals surface area contributed by atoms with Crippen molar-refractivity contribution in [2.45, 2.75) is 6.92 Å². The number of aromatic nitrogens is 2. The highest BCUT2D eigenvalue weighted by molar-refractivity contribution is 7.15. The topological polar surface area (TPSA) is 35.8 Å². The van der Waals surface area contributed by atoms with Crippen LogP contribution in [0.5, 0.6) is 11.6 Å². The Morgan fingerprint density at radius 2 is 2.26 bits per heavy atom. The molecule has 0 fully saturated rings. The van der Waals surface area contributed by atoms with Crippen LogP contribution >= 0.6 is 11.3 Å². The van der Waals surface area contributed by atoms with E-state index < -0.39 is 0 Å². The summed E-state index contributed by atoms with van der Waals surface area (Å²) in [6.07, 6.45) is 1.97. The van der Waals surface area contributed by atoms with Gasteiger partial charge in [-0.2, -0.15) is 0 Å². The third-order valence-corrected chi connectivity index (χ3v) is 3.60. The summed E-state index contributed by atoms with van der Waals surface area (Å²) >= 11 is 1.59. The van der Waals surface area contributed by atoms with Gasteiger partial charge in [-0.15, -0.1) is 11.3 Å². The van der Waals surface area contributed by atoms with E-state index in [1.165, 1.54) is 0 Å². The molecule has 0 aliphatic rings. The maximum Gasteiger partial charge on any atom is 0.227 e. The van der Waals surface area contributed by atoms with Crippen molar-refractivity contribution in [3.05, 3.63) is 35.8 Å². The number of hydrogen-bond acceptors (Lipinski definition) is 4. The summed E-state index contributed by atoms with van der Waals surface area (Å²) in [4.78, 5) is 5.57. The third-order valence-electron chi connectivity index (χ3n) is 2.84. The Balaban J connectivity index is 2.17. The highest BCUT2D eigenvalue weighted by Gasteiger charge is 2.16. The molecule has 4 nitrogen and oxygen atoms in total. The molecule has 19 heavy (non-hydrogen) atoms. The number of imidazole rings is 1. The minimum Gasteiger partial charge on any atom is -0.497 e. The van der Waals surface area contributed by atoms with Gasteiger partial charge < -0.3 is 9.47 Å². The number of thiazole rings is 1. The van der Waals surface area contributed by atoms with Crippen LogP contribution in [-0.2, 0) is 0 Å². The van der Waals surface area contributed by atoms with Gasteiger partial charge in [0.15, 0.2) is 4.96 Å². The minimum absolute atomic E-state index is 0.612. The van der Waals surface area contributed by atoms with Crippen LogP contribution in [0, 0.1) is 0 Å². The van der Waals surface area contributed by atoms with Crippen LogP contribution in [-0.4, -0.2) is 23.1 Å². The van der Waals surface area contributed by atoms with E-state index in [2.05, 4.69) is 4.98 Å². The highest BCUT2D eigenvalue weighted by atomic mass is 32.1. The second-order valence-electron chi connectivity index (χ2n) is 3.99. The summed E-state index contributed by atoms with van der Waals surface area (Å²) in [5.41, 5.74) is 1.85. The summed E-state index contributed by atoms with van der Waals surface area (Å²) in [7, 11) is 1.66. The third kappa shape index (κ3) is 2.06. The van der Waals surface area contributed by atoms with Crippen molar-refractivity contribution in [2.24, 2.45) is 0 Å². The van der Waals surface area contributed by atoms with E-state index in [1.807, 2.05) is 47.2 Å². The number of ether oxygens (including phenoxy) is 2. The predicted octanol–water partition coefficient (Wildman–Crippen LogP) is 3.47. The molecule has 98 valence electrons. The van der Waals surface area contributed by atoms with Gasteiger partial charge in [0.1, 0.15) is 11.4 Å². The van der Waals surface area contributed by atoms with Gasteiger partial charge in [0.2, 0.25) is 5.88 Å². The Bertz CT molecular complexity index is 702. The number of hydrogen-bond donors (Lipinski definition) is 0. The molecule has 0 amide bonds. The lowest BCUT2D eigenvalue weighted by molar-refractivity contribution is 0.325. The van der Waals surface area contributed by atoms with Gasteiger partial charge in [-0.3, -0.25) is 4.40 Å². The molecule has 0 aliphatic carbocycles. The Hall–Kier alpha value is -2.01. The Kier molecular flexibility index (Phi) is 3.13. The minimum atomic E-state index is 0.612. The van der Waals surface area contributed by atoms with Crippen molar-refractivity contribution < 1.29 is 9.47 Å². The molecule has 0 spiro atoms. The van der Waals surface area contributed by atoms with Gasteiger partial charge in [-0.05, 0) is 19.1 Å². The molecular formula is C14H14N2O2S. The van der Waals surface area contributed by atoms with Gasteiger partial charge >= 0.3 is 0 Å². The number of benzene rings is 1.